The van der Waals surface area contributed by atoms with Gasteiger partial charge in [0.15, 0.2) is 0 Å². The lowest BCUT2D eigenvalue weighted by Crippen LogP contribution is -2.29. The van der Waals surface area contributed by atoms with Gasteiger partial charge in [0.1, 0.15) is 0 Å². The minimum atomic E-state index is -0.855. The number of rotatable bonds is 3. The Balaban J connectivity index is 2.17. The molecule has 0 aromatic rings. The molecule has 1 rings (SSSR count). The number of likely N-dealkylation sites (tertiary alicyclic amines) is 1. The van der Waals surface area contributed by atoms with Crippen molar-refractivity contribution in [1.82, 2.24) is 4.90 Å². The van der Waals surface area contributed by atoms with Crippen LogP contribution < -0.4 is 0 Å². The maximum absolute atomic E-state index is 10.1. The van der Waals surface area contributed by atoms with Crippen LogP contribution in [-0.2, 0) is 4.79 Å². The van der Waals surface area contributed by atoms with Crippen LogP contribution in [0.5, 0.6) is 0 Å². The lowest BCUT2D eigenvalue weighted by molar-refractivity contribution is -0.131. The van der Waals surface area contributed by atoms with Crippen LogP contribution in [0.2, 0.25) is 0 Å². The minimum absolute atomic E-state index is 0.784. The Bertz CT molecular complexity index is 171. The lowest BCUT2D eigenvalue weighted by atomic mass is 10.1. The second-order valence-corrected chi connectivity index (χ2v) is 3.10. The summed E-state index contributed by atoms with van der Waals surface area (Å²) in [4.78, 5) is 12.4. The smallest absolute Gasteiger partial charge is 0.328 e. The van der Waals surface area contributed by atoms with Gasteiger partial charge >= 0.3 is 5.97 Å². The van der Waals surface area contributed by atoms with Gasteiger partial charge in [0.05, 0.1) is 0 Å². The first-order valence-corrected chi connectivity index (χ1v) is 4.41. The molecule has 0 unspecified atom stereocenters. The molecule has 0 aromatic heterocycles. The number of hydrogen-bond acceptors (Lipinski definition) is 2. The first-order chi connectivity index (χ1) is 5.79. The van der Waals surface area contributed by atoms with Gasteiger partial charge in [0.25, 0.3) is 0 Å². The first kappa shape index (κ1) is 9.26. The predicted molar refractivity (Wildman–Crippen MR) is 47.1 cm³/mol. The van der Waals surface area contributed by atoms with E-state index < -0.39 is 5.97 Å². The minimum Gasteiger partial charge on any atom is -0.478 e. The molecule has 0 saturated carbocycles. The highest BCUT2D eigenvalue weighted by Crippen LogP contribution is 2.07. The Morgan fingerprint density at radius 3 is 2.58 bits per heavy atom. The fraction of sp³-hybridized carbons (Fsp3) is 0.667. The molecule has 0 amide bonds. The highest BCUT2D eigenvalue weighted by atomic mass is 16.4. The van der Waals surface area contributed by atoms with E-state index in [1.807, 2.05) is 0 Å². The summed E-state index contributed by atoms with van der Waals surface area (Å²) in [7, 11) is 0. The van der Waals surface area contributed by atoms with Crippen molar-refractivity contribution in [2.45, 2.75) is 19.3 Å². The molecule has 12 heavy (non-hydrogen) atoms. The van der Waals surface area contributed by atoms with Gasteiger partial charge in [0.2, 0.25) is 0 Å². The molecule has 1 aliphatic rings. The first-order valence-electron chi connectivity index (χ1n) is 4.41. The molecule has 1 saturated heterocycles. The van der Waals surface area contributed by atoms with Gasteiger partial charge in [0, 0.05) is 12.6 Å². The summed E-state index contributed by atoms with van der Waals surface area (Å²) in [5, 5.41) is 8.34. The molecule has 0 spiro atoms. The topological polar surface area (TPSA) is 40.5 Å². The maximum Gasteiger partial charge on any atom is 0.328 e. The molecule has 1 N–H and O–H groups in total. The molecule has 0 aliphatic carbocycles. The Kier molecular flexibility index (Phi) is 3.80. The van der Waals surface area contributed by atoms with E-state index in [0.29, 0.717) is 0 Å². The van der Waals surface area contributed by atoms with E-state index in [9.17, 15) is 4.79 Å². The van der Waals surface area contributed by atoms with Crippen molar-refractivity contribution in [3.05, 3.63) is 12.2 Å². The van der Waals surface area contributed by atoms with Crippen molar-refractivity contribution < 1.29 is 9.90 Å². The summed E-state index contributed by atoms with van der Waals surface area (Å²) in [5.74, 6) is -0.855. The van der Waals surface area contributed by atoms with Crippen LogP contribution in [-0.4, -0.2) is 35.6 Å². The fourth-order valence-electron chi connectivity index (χ4n) is 1.44. The third kappa shape index (κ3) is 3.53. The molecule has 1 heterocycles. The molecule has 0 atom stereocenters. The molecule has 3 heteroatoms. The molecular weight excluding hydrogens is 154 g/mol. The average Bonchev–Trinajstić information content (AvgIpc) is 2.05. The number of carboxylic acid groups (broad SMARTS) is 1. The summed E-state index contributed by atoms with van der Waals surface area (Å²) < 4.78 is 0. The molecule has 1 fully saturated rings. The number of carbonyl (C=O) groups is 1. The standard InChI is InChI=1S/C9H15NO2/c11-9(12)5-4-8-10-6-2-1-3-7-10/h4-5H,1-3,6-8H2,(H,11,12). The molecule has 0 radical (unpaired) electrons. The molecule has 3 nitrogen and oxygen atoms in total. The van der Waals surface area contributed by atoms with E-state index in [-0.39, 0.29) is 0 Å². The Morgan fingerprint density at radius 2 is 2.00 bits per heavy atom. The van der Waals surface area contributed by atoms with E-state index in [4.69, 9.17) is 5.11 Å². The number of hydrogen-bond donors (Lipinski definition) is 1. The van der Waals surface area contributed by atoms with Crippen LogP contribution in [0.15, 0.2) is 12.2 Å². The highest BCUT2D eigenvalue weighted by molar-refractivity contribution is 5.79. The predicted octanol–water partition coefficient (Wildman–Crippen LogP) is 1.11. The zero-order valence-electron chi connectivity index (χ0n) is 7.20. The number of aliphatic carboxylic acids is 1. The van der Waals surface area contributed by atoms with Crippen LogP contribution in [0.1, 0.15) is 19.3 Å². The lowest BCUT2D eigenvalue weighted by Gasteiger charge is -2.24. The third-order valence-corrected chi connectivity index (χ3v) is 2.07. The van der Waals surface area contributed by atoms with Gasteiger partial charge in [-0.15, -0.1) is 0 Å². The molecule has 0 aromatic carbocycles. The van der Waals surface area contributed by atoms with Crippen LogP contribution >= 0.6 is 0 Å². The van der Waals surface area contributed by atoms with E-state index in [1.165, 1.54) is 25.3 Å². The largest absolute Gasteiger partial charge is 0.478 e. The van der Waals surface area contributed by atoms with E-state index in [1.54, 1.807) is 6.08 Å². The molecule has 0 bridgehead atoms. The Labute approximate surface area is 72.7 Å². The van der Waals surface area contributed by atoms with Gasteiger partial charge in [-0.1, -0.05) is 12.5 Å². The summed E-state index contributed by atoms with van der Waals surface area (Å²) in [6.07, 6.45) is 6.75. The summed E-state index contributed by atoms with van der Waals surface area (Å²) >= 11 is 0. The van der Waals surface area contributed by atoms with Gasteiger partial charge in [-0.25, -0.2) is 4.79 Å². The quantitative estimate of drug-likeness (QED) is 0.643. The molecule has 1 aliphatic heterocycles. The van der Waals surface area contributed by atoms with E-state index in [2.05, 4.69) is 4.90 Å². The van der Waals surface area contributed by atoms with Crippen molar-refractivity contribution in [3.63, 3.8) is 0 Å². The number of piperidine rings is 1. The van der Waals surface area contributed by atoms with Crippen molar-refractivity contribution in [3.8, 4) is 0 Å². The zero-order valence-corrected chi connectivity index (χ0v) is 7.20. The van der Waals surface area contributed by atoms with Crippen molar-refractivity contribution in [1.29, 1.82) is 0 Å². The van der Waals surface area contributed by atoms with Gasteiger partial charge in [-0.3, -0.25) is 4.90 Å². The monoisotopic (exact) mass is 169 g/mol. The Hall–Kier alpha value is -0.830. The van der Waals surface area contributed by atoms with Crippen molar-refractivity contribution in [2.24, 2.45) is 0 Å². The number of nitrogens with zero attached hydrogens (tertiary/aromatic N) is 1. The fourth-order valence-corrected chi connectivity index (χ4v) is 1.44. The van der Waals surface area contributed by atoms with Crippen LogP contribution in [0, 0.1) is 0 Å². The van der Waals surface area contributed by atoms with Gasteiger partial charge < -0.3 is 5.11 Å². The third-order valence-electron chi connectivity index (χ3n) is 2.07. The van der Waals surface area contributed by atoms with E-state index >= 15 is 0 Å². The molecular formula is C9H15NO2. The van der Waals surface area contributed by atoms with Crippen molar-refractivity contribution >= 4 is 5.97 Å². The summed E-state index contributed by atoms with van der Waals surface area (Å²) in [6, 6.07) is 0. The summed E-state index contributed by atoms with van der Waals surface area (Å²) in [6.45, 7) is 3.01. The normalized spacial score (nSPS) is 20.0. The summed E-state index contributed by atoms with van der Waals surface area (Å²) in [5.41, 5.74) is 0. The SMILES string of the molecule is O=C(O)C=CCN1CCCCC1. The van der Waals surface area contributed by atoms with Gasteiger partial charge in [-0.2, -0.15) is 0 Å². The number of carboxylic acids is 1. The average molecular weight is 169 g/mol. The van der Waals surface area contributed by atoms with Gasteiger partial charge in [-0.05, 0) is 25.9 Å². The second-order valence-electron chi connectivity index (χ2n) is 3.10. The zero-order chi connectivity index (χ0) is 8.81. The van der Waals surface area contributed by atoms with Crippen LogP contribution in [0.25, 0.3) is 0 Å². The Morgan fingerprint density at radius 1 is 1.33 bits per heavy atom. The van der Waals surface area contributed by atoms with Crippen molar-refractivity contribution in [2.75, 3.05) is 19.6 Å². The highest BCUT2D eigenvalue weighted by Gasteiger charge is 2.07. The van der Waals surface area contributed by atoms with E-state index in [0.717, 1.165) is 19.6 Å². The second kappa shape index (κ2) is 4.93. The maximum atomic E-state index is 10.1. The van der Waals surface area contributed by atoms with Crippen LogP contribution in [0.4, 0.5) is 0 Å². The van der Waals surface area contributed by atoms with Crippen LogP contribution in [0.3, 0.4) is 0 Å². The molecule has 68 valence electrons.